The van der Waals surface area contributed by atoms with E-state index in [0.29, 0.717) is 23.6 Å². The van der Waals surface area contributed by atoms with E-state index in [2.05, 4.69) is 10.3 Å². The van der Waals surface area contributed by atoms with E-state index in [9.17, 15) is 4.79 Å². The van der Waals surface area contributed by atoms with E-state index in [4.69, 9.17) is 9.47 Å². The van der Waals surface area contributed by atoms with Crippen LogP contribution < -0.4 is 14.8 Å². The van der Waals surface area contributed by atoms with Crippen molar-refractivity contribution in [1.82, 2.24) is 9.88 Å². The predicted octanol–water partition coefficient (Wildman–Crippen LogP) is 3.93. The monoisotopic (exact) mass is 381 g/mol. The highest BCUT2D eigenvalue weighted by Crippen LogP contribution is 2.36. The molecule has 6 nitrogen and oxygen atoms in total. The van der Waals surface area contributed by atoms with E-state index in [1.54, 1.807) is 48.8 Å². The van der Waals surface area contributed by atoms with E-state index in [0.717, 1.165) is 16.3 Å². The number of carbonyl (C=O) groups is 1. The Morgan fingerprint density at radius 2 is 1.93 bits per heavy atom. The Hall–Kier alpha value is -3.06. The minimum atomic E-state index is -0.368. The third kappa shape index (κ3) is 3.33. The van der Waals surface area contributed by atoms with Gasteiger partial charge in [-0.05, 0) is 23.6 Å². The van der Waals surface area contributed by atoms with Gasteiger partial charge in [-0.1, -0.05) is 6.07 Å². The molecule has 3 aromatic rings. The van der Waals surface area contributed by atoms with E-state index in [-0.39, 0.29) is 12.1 Å². The zero-order chi connectivity index (χ0) is 18.8. The molecular formula is C20H19N3O3S. The minimum Gasteiger partial charge on any atom is -0.497 e. The highest BCUT2D eigenvalue weighted by Gasteiger charge is 2.38. The third-order valence-electron chi connectivity index (χ3n) is 4.46. The molecule has 7 heteroatoms. The highest BCUT2D eigenvalue weighted by atomic mass is 32.1. The van der Waals surface area contributed by atoms with Gasteiger partial charge >= 0.3 is 0 Å². The summed E-state index contributed by atoms with van der Waals surface area (Å²) in [5, 5.41) is 5.44. The molecule has 1 aliphatic heterocycles. The summed E-state index contributed by atoms with van der Waals surface area (Å²) in [6.45, 7) is 0.519. The van der Waals surface area contributed by atoms with Crippen LogP contribution in [0, 0.1) is 0 Å². The van der Waals surface area contributed by atoms with Crippen LogP contribution in [0.5, 0.6) is 11.5 Å². The van der Waals surface area contributed by atoms with Crippen LogP contribution in [0.15, 0.2) is 54.0 Å². The number of pyridine rings is 1. The molecule has 0 bridgehead atoms. The maximum atomic E-state index is 13.0. The van der Waals surface area contributed by atoms with Crippen LogP contribution in [0.25, 0.3) is 0 Å². The van der Waals surface area contributed by atoms with Gasteiger partial charge in [0.1, 0.15) is 17.7 Å². The van der Waals surface area contributed by atoms with Gasteiger partial charge in [-0.2, -0.15) is 0 Å². The van der Waals surface area contributed by atoms with Crippen molar-refractivity contribution in [3.8, 4) is 11.5 Å². The van der Waals surface area contributed by atoms with E-state index >= 15 is 0 Å². The number of aromatic nitrogens is 1. The first kappa shape index (κ1) is 17.4. The smallest absolute Gasteiger partial charge is 0.258 e. The SMILES string of the molecule is COc1cc(NC2c3ncccc3C(=O)N2Cc2cccs2)cc(OC)c1. The number of carbonyl (C=O) groups excluding carboxylic acids is 1. The number of thiophene rings is 1. The molecule has 0 fully saturated rings. The molecule has 27 heavy (non-hydrogen) atoms. The first-order valence-corrected chi connectivity index (χ1v) is 9.35. The highest BCUT2D eigenvalue weighted by molar-refractivity contribution is 7.09. The molecule has 0 aliphatic carbocycles. The van der Waals surface area contributed by atoms with E-state index < -0.39 is 0 Å². The fourth-order valence-electron chi connectivity index (χ4n) is 3.16. The number of nitrogens with zero attached hydrogens (tertiary/aromatic N) is 2. The maximum absolute atomic E-state index is 13.0. The van der Waals surface area contributed by atoms with Crippen molar-refractivity contribution in [2.24, 2.45) is 0 Å². The molecule has 0 saturated carbocycles. The van der Waals surface area contributed by atoms with Crippen LogP contribution in [0.3, 0.4) is 0 Å². The van der Waals surface area contributed by atoms with Crippen molar-refractivity contribution < 1.29 is 14.3 Å². The first-order valence-electron chi connectivity index (χ1n) is 8.47. The van der Waals surface area contributed by atoms with Crippen LogP contribution >= 0.6 is 11.3 Å². The van der Waals surface area contributed by atoms with Gasteiger partial charge in [0.05, 0.1) is 32.0 Å². The van der Waals surface area contributed by atoms with Crippen molar-refractivity contribution in [2.75, 3.05) is 19.5 Å². The Balaban J connectivity index is 1.70. The zero-order valence-electron chi connectivity index (χ0n) is 15.0. The largest absolute Gasteiger partial charge is 0.497 e. The number of benzene rings is 1. The Morgan fingerprint density at radius 3 is 2.59 bits per heavy atom. The number of methoxy groups -OCH3 is 2. The van der Waals surface area contributed by atoms with Gasteiger partial charge in [0.2, 0.25) is 0 Å². The number of amides is 1. The average Bonchev–Trinajstić information content (AvgIpc) is 3.31. The Bertz CT molecular complexity index is 937. The van der Waals surface area contributed by atoms with Gasteiger partial charge in [0.15, 0.2) is 0 Å². The normalized spacial score (nSPS) is 15.6. The van der Waals surface area contributed by atoms with Gasteiger partial charge in [0.25, 0.3) is 5.91 Å². The fourth-order valence-corrected chi connectivity index (χ4v) is 3.87. The number of nitrogens with one attached hydrogen (secondary N) is 1. The van der Waals surface area contributed by atoms with Crippen LogP contribution in [0.1, 0.15) is 27.1 Å². The second kappa shape index (κ2) is 7.28. The number of hydrogen-bond donors (Lipinski definition) is 1. The molecule has 1 N–H and O–H groups in total. The van der Waals surface area contributed by atoms with Crippen molar-refractivity contribution in [3.05, 3.63) is 70.2 Å². The summed E-state index contributed by atoms with van der Waals surface area (Å²) in [4.78, 5) is 20.4. The second-order valence-corrected chi connectivity index (χ2v) is 7.13. The Morgan fingerprint density at radius 1 is 1.15 bits per heavy atom. The standard InChI is InChI=1S/C20H19N3O3S/c1-25-14-9-13(10-15(11-14)26-2)22-19-18-17(6-3-7-21-18)20(24)23(19)12-16-5-4-8-27-16/h3-11,19,22H,12H2,1-2H3. The predicted molar refractivity (Wildman–Crippen MR) is 104 cm³/mol. The number of fused-ring (bicyclic) bond motifs is 1. The van der Waals surface area contributed by atoms with Crippen molar-refractivity contribution in [1.29, 1.82) is 0 Å². The first-order chi connectivity index (χ1) is 13.2. The third-order valence-corrected chi connectivity index (χ3v) is 5.32. The van der Waals surface area contributed by atoms with Crippen LogP contribution in [-0.2, 0) is 6.54 Å². The van der Waals surface area contributed by atoms with Gasteiger partial charge in [-0.3, -0.25) is 9.78 Å². The lowest BCUT2D eigenvalue weighted by atomic mass is 10.2. The van der Waals surface area contributed by atoms with Gasteiger partial charge in [-0.25, -0.2) is 0 Å². The van der Waals surface area contributed by atoms with Crippen LogP contribution in [0.4, 0.5) is 5.69 Å². The summed E-state index contributed by atoms with van der Waals surface area (Å²) in [7, 11) is 3.22. The summed E-state index contributed by atoms with van der Waals surface area (Å²) in [6, 6.07) is 13.2. The molecule has 4 rings (SSSR count). The Labute approximate surface area is 161 Å². The molecule has 1 aliphatic rings. The molecule has 0 spiro atoms. The average molecular weight is 381 g/mol. The summed E-state index contributed by atoms with van der Waals surface area (Å²) in [5.74, 6) is 1.32. The second-order valence-electron chi connectivity index (χ2n) is 6.10. The summed E-state index contributed by atoms with van der Waals surface area (Å²) in [6.07, 6.45) is 1.34. The lowest BCUT2D eigenvalue weighted by molar-refractivity contribution is 0.0729. The molecule has 0 saturated heterocycles. The number of anilines is 1. The molecule has 2 aromatic heterocycles. The fraction of sp³-hybridized carbons (Fsp3) is 0.200. The lowest BCUT2D eigenvalue weighted by Gasteiger charge is -2.26. The molecule has 1 atom stereocenters. The lowest BCUT2D eigenvalue weighted by Crippen LogP contribution is -2.31. The van der Waals surface area contributed by atoms with E-state index in [1.807, 2.05) is 35.7 Å². The van der Waals surface area contributed by atoms with Gasteiger partial charge in [-0.15, -0.1) is 11.3 Å². The molecule has 1 aromatic carbocycles. The number of hydrogen-bond acceptors (Lipinski definition) is 6. The quantitative estimate of drug-likeness (QED) is 0.701. The molecule has 1 amide bonds. The molecule has 138 valence electrons. The van der Waals surface area contributed by atoms with Crippen LogP contribution in [-0.4, -0.2) is 30.0 Å². The molecular weight excluding hydrogens is 362 g/mol. The summed E-state index contributed by atoms with van der Waals surface area (Å²) < 4.78 is 10.7. The topological polar surface area (TPSA) is 63.7 Å². The molecule has 0 radical (unpaired) electrons. The Kier molecular flexibility index (Phi) is 4.68. The number of rotatable bonds is 6. The van der Waals surface area contributed by atoms with E-state index in [1.165, 1.54) is 0 Å². The maximum Gasteiger partial charge on any atom is 0.258 e. The van der Waals surface area contributed by atoms with Crippen LogP contribution in [0.2, 0.25) is 0 Å². The summed E-state index contributed by atoms with van der Waals surface area (Å²) in [5.41, 5.74) is 2.14. The summed E-state index contributed by atoms with van der Waals surface area (Å²) >= 11 is 1.63. The molecule has 3 heterocycles. The molecule has 1 unspecified atom stereocenters. The van der Waals surface area contributed by atoms with Gasteiger partial charge in [0, 0.05) is 35.0 Å². The zero-order valence-corrected chi connectivity index (χ0v) is 15.8. The van der Waals surface area contributed by atoms with Crippen molar-refractivity contribution in [3.63, 3.8) is 0 Å². The number of ether oxygens (including phenoxy) is 2. The van der Waals surface area contributed by atoms with Crippen molar-refractivity contribution in [2.45, 2.75) is 12.7 Å². The van der Waals surface area contributed by atoms with Crippen molar-refractivity contribution >= 4 is 22.9 Å². The minimum absolute atomic E-state index is 0.0288. The van der Waals surface area contributed by atoms with Gasteiger partial charge < -0.3 is 19.7 Å².